The molecule has 0 saturated heterocycles. The van der Waals surface area contributed by atoms with Gasteiger partial charge in [0.2, 0.25) is 0 Å². The van der Waals surface area contributed by atoms with Gasteiger partial charge in [0, 0.05) is 0 Å². The smallest absolute Gasteiger partial charge is 0.335 e. The topological polar surface area (TPSA) is 55.8 Å². The van der Waals surface area contributed by atoms with E-state index in [4.69, 9.17) is 14.6 Å². The van der Waals surface area contributed by atoms with E-state index < -0.39 is 28.9 Å². The lowest BCUT2D eigenvalue weighted by Crippen LogP contribution is -2.13. The highest BCUT2D eigenvalue weighted by molar-refractivity contribution is 5.87. The first-order chi connectivity index (χ1) is 8.41. The Hall–Kier alpha value is -1.69. The van der Waals surface area contributed by atoms with Crippen LogP contribution in [0.5, 0.6) is 5.75 Å². The zero-order valence-electron chi connectivity index (χ0n) is 10.1. The van der Waals surface area contributed by atoms with Crippen LogP contribution in [-0.2, 0) is 4.74 Å². The van der Waals surface area contributed by atoms with Crippen molar-refractivity contribution in [2.24, 2.45) is 0 Å². The number of hydrogen-bond donors (Lipinski definition) is 1. The molecular formula is C12H14F2O4. The van der Waals surface area contributed by atoms with E-state index in [0.717, 1.165) is 0 Å². The lowest BCUT2D eigenvalue weighted by molar-refractivity contribution is 0.0534. The van der Waals surface area contributed by atoms with Gasteiger partial charge >= 0.3 is 5.97 Å². The summed E-state index contributed by atoms with van der Waals surface area (Å²) in [4.78, 5) is 10.6. The van der Waals surface area contributed by atoms with Crippen molar-refractivity contribution in [1.29, 1.82) is 0 Å². The number of rotatable bonds is 6. The standard InChI is InChI=1S/C12H14F2O4/c1-7(2)17-3-4-18-11-9(13)5-8(12(15)16)6-10(11)14/h5-7H,3-4H2,1-2H3,(H,15,16). The molecule has 0 aliphatic rings. The van der Waals surface area contributed by atoms with Gasteiger partial charge in [0.25, 0.3) is 0 Å². The molecule has 0 aliphatic carbocycles. The Morgan fingerprint density at radius 3 is 2.28 bits per heavy atom. The molecule has 1 aromatic rings. The number of benzene rings is 1. The maximum absolute atomic E-state index is 13.4. The summed E-state index contributed by atoms with van der Waals surface area (Å²) in [5.74, 6) is -4.08. The van der Waals surface area contributed by atoms with Gasteiger partial charge in [-0.05, 0) is 26.0 Å². The molecule has 0 aromatic heterocycles. The predicted octanol–water partition coefficient (Wildman–Crippen LogP) is 2.47. The average molecular weight is 260 g/mol. The van der Waals surface area contributed by atoms with E-state index in [1.165, 1.54) is 0 Å². The van der Waals surface area contributed by atoms with Crippen molar-refractivity contribution in [1.82, 2.24) is 0 Å². The minimum Gasteiger partial charge on any atom is -0.485 e. The van der Waals surface area contributed by atoms with Crippen molar-refractivity contribution in [3.63, 3.8) is 0 Å². The van der Waals surface area contributed by atoms with E-state index >= 15 is 0 Å². The Kier molecular flexibility index (Phi) is 5.03. The van der Waals surface area contributed by atoms with Crippen LogP contribution < -0.4 is 4.74 Å². The van der Waals surface area contributed by atoms with Crippen LogP contribution in [-0.4, -0.2) is 30.4 Å². The van der Waals surface area contributed by atoms with E-state index in [2.05, 4.69) is 0 Å². The highest BCUT2D eigenvalue weighted by atomic mass is 19.1. The number of carboxylic acid groups (broad SMARTS) is 1. The molecule has 0 fully saturated rings. The number of carbonyl (C=O) groups is 1. The summed E-state index contributed by atoms with van der Waals surface area (Å²) < 4.78 is 36.8. The maximum atomic E-state index is 13.4. The summed E-state index contributed by atoms with van der Waals surface area (Å²) in [6.07, 6.45) is -0.00215. The minimum absolute atomic E-state index is 0.00215. The van der Waals surface area contributed by atoms with Crippen molar-refractivity contribution < 1.29 is 28.2 Å². The maximum Gasteiger partial charge on any atom is 0.335 e. The number of halogens is 2. The Morgan fingerprint density at radius 1 is 1.28 bits per heavy atom. The molecule has 100 valence electrons. The number of carboxylic acids is 1. The van der Waals surface area contributed by atoms with Crippen molar-refractivity contribution in [2.45, 2.75) is 20.0 Å². The Morgan fingerprint density at radius 2 is 1.83 bits per heavy atom. The molecule has 1 rings (SSSR count). The van der Waals surface area contributed by atoms with Gasteiger partial charge in [-0.15, -0.1) is 0 Å². The second kappa shape index (κ2) is 6.30. The molecule has 0 heterocycles. The molecule has 1 N–H and O–H groups in total. The molecule has 0 unspecified atom stereocenters. The van der Waals surface area contributed by atoms with E-state index in [9.17, 15) is 13.6 Å². The third-order valence-electron chi connectivity index (χ3n) is 2.03. The van der Waals surface area contributed by atoms with E-state index in [-0.39, 0.29) is 19.3 Å². The lowest BCUT2D eigenvalue weighted by atomic mass is 10.2. The molecule has 4 nitrogen and oxygen atoms in total. The Balaban J connectivity index is 2.69. The number of aromatic carboxylic acids is 1. The third kappa shape index (κ3) is 3.96. The van der Waals surface area contributed by atoms with Crippen molar-refractivity contribution in [3.05, 3.63) is 29.3 Å². The highest BCUT2D eigenvalue weighted by Crippen LogP contribution is 2.23. The summed E-state index contributed by atoms with van der Waals surface area (Å²) in [6.45, 7) is 3.82. The average Bonchev–Trinajstić information content (AvgIpc) is 2.26. The van der Waals surface area contributed by atoms with Crippen LogP contribution in [0.4, 0.5) is 8.78 Å². The summed E-state index contributed by atoms with van der Waals surface area (Å²) in [5, 5.41) is 8.61. The molecule has 0 spiro atoms. The first-order valence-electron chi connectivity index (χ1n) is 5.38. The predicted molar refractivity (Wildman–Crippen MR) is 59.9 cm³/mol. The van der Waals surface area contributed by atoms with Gasteiger partial charge in [-0.1, -0.05) is 0 Å². The summed E-state index contributed by atoms with van der Waals surface area (Å²) in [5.41, 5.74) is -0.462. The summed E-state index contributed by atoms with van der Waals surface area (Å²) in [6, 6.07) is 1.42. The molecular weight excluding hydrogens is 246 g/mol. The largest absolute Gasteiger partial charge is 0.485 e. The molecule has 0 saturated carbocycles. The van der Waals surface area contributed by atoms with Gasteiger partial charge < -0.3 is 14.6 Å². The minimum atomic E-state index is -1.40. The molecule has 0 bridgehead atoms. The van der Waals surface area contributed by atoms with Crippen LogP contribution in [0.3, 0.4) is 0 Å². The fraction of sp³-hybridized carbons (Fsp3) is 0.417. The molecule has 0 atom stereocenters. The number of ether oxygens (including phenoxy) is 2. The van der Waals surface area contributed by atoms with Gasteiger partial charge in [0.1, 0.15) is 6.61 Å². The van der Waals surface area contributed by atoms with Gasteiger partial charge in [-0.2, -0.15) is 0 Å². The van der Waals surface area contributed by atoms with E-state index in [0.29, 0.717) is 12.1 Å². The van der Waals surface area contributed by atoms with Gasteiger partial charge in [0.15, 0.2) is 17.4 Å². The fourth-order valence-corrected chi connectivity index (χ4v) is 1.25. The molecule has 6 heteroatoms. The first-order valence-corrected chi connectivity index (χ1v) is 5.38. The summed E-state index contributed by atoms with van der Waals surface area (Å²) >= 11 is 0. The lowest BCUT2D eigenvalue weighted by Gasteiger charge is -2.11. The zero-order valence-corrected chi connectivity index (χ0v) is 10.1. The van der Waals surface area contributed by atoms with Gasteiger partial charge in [-0.3, -0.25) is 0 Å². The molecule has 0 aliphatic heterocycles. The quantitative estimate of drug-likeness (QED) is 0.798. The normalized spacial score (nSPS) is 10.7. The molecule has 1 aromatic carbocycles. The molecule has 18 heavy (non-hydrogen) atoms. The Bertz CT molecular complexity index is 409. The van der Waals surface area contributed by atoms with Crippen LogP contribution >= 0.6 is 0 Å². The van der Waals surface area contributed by atoms with Crippen LogP contribution in [0.15, 0.2) is 12.1 Å². The second-order valence-corrected chi connectivity index (χ2v) is 3.84. The van der Waals surface area contributed by atoms with Gasteiger partial charge in [0.05, 0.1) is 18.3 Å². The number of hydrogen-bond acceptors (Lipinski definition) is 3. The van der Waals surface area contributed by atoms with Crippen molar-refractivity contribution in [2.75, 3.05) is 13.2 Å². The second-order valence-electron chi connectivity index (χ2n) is 3.84. The highest BCUT2D eigenvalue weighted by Gasteiger charge is 2.15. The first kappa shape index (κ1) is 14.4. The van der Waals surface area contributed by atoms with E-state index in [1.54, 1.807) is 0 Å². The zero-order chi connectivity index (χ0) is 13.7. The van der Waals surface area contributed by atoms with Crippen LogP contribution in [0.25, 0.3) is 0 Å². The van der Waals surface area contributed by atoms with Crippen molar-refractivity contribution >= 4 is 5.97 Å². The Labute approximate surface area is 103 Å². The molecule has 0 amide bonds. The fourth-order valence-electron chi connectivity index (χ4n) is 1.25. The summed E-state index contributed by atoms with van der Waals surface area (Å²) in [7, 11) is 0. The van der Waals surface area contributed by atoms with E-state index in [1.807, 2.05) is 13.8 Å². The van der Waals surface area contributed by atoms with Crippen LogP contribution in [0, 0.1) is 11.6 Å². The van der Waals surface area contributed by atoms with Crippen LogP contribution in [0.2, 0.25) is 0 Å². The monoisotopic (exact) mass is 260 g/mol. The molecule has 0 radical (unpaired) electrons. The van der Waals surface area contributed by atoms with Crippen molar-refractivity contribution in [3.8, 4) is 5.75 Å². The third-order valence-corrected chi connectivity index (χ3v) is 2.03. The SMILES string of the molecule is CC(C)OCCOc1c(F)cc(C(=O)O)cc1F. The van der Waals surface area contributed by atoms with Crippen LogP contribution in [0.1, 0.15) is 24.2 Å². The van der Waals surface area contributed by atoms with Gasteiger partial charge in [-0.25, -0.2) is 13.6 Å².